The van der Waals surface area contributed by atoms with Crippen molar-refractivity contribution in [2.75, 3.05) is 18.6 Å². The summed E-state index contributed by atoms with van der Waals surface area (Å²) in [5, 5.41) is 2.61. The van der Waals surface area contributed by atoms with E-state index in [1.165, 1.54) is 10.6 Å². The Morgan fingerprint density at radius 2 is 1.41 bits per heavy atom. The second kappa shape index (κ2) is 11.4. The van der Waals surface area contributed by atoms with E-state index in [0.29, 0.717) is 13.0 Å². The lowest BCUT2D eigenvalue weighted by molar-refractivity contribution is -0.142. The molecule has 0 N–H and O–H groups in total. The molecule has 22 heavy (non-hydrogen) atoms. The van der Waals surface area contributed by atoms with E-state index in [9.17, 15) is 4.79 Å². The highest BCUT2D eigenvalue weighted by Crippen LogP contribution is 2.34. The van der Waals surface area contributed by atoms with Gasteiger partial charge in [0.2, 0.25) is 0 Å². The van der Waals surface area contributed by atoms with E-state index in [-0.39, 0.29) is 5.97 Å². The van der Waals surface area contributed by atoms with Gasteiger partial charge in [-0.25, -0.2) is 0 Å². The summed E-state index contributed by atoms with van der Waals surface area (Å²) in [6.45, 7) is 2.29. The minimum atomic E-state index is -0.495. The van der Waals surface area contributed by atoms with Gasteiger partial charge < -0.3 is 4.74 Å². The molecule has 0 aliphatic heterocycles. The number of hydrogen-bond acceptors (Lipinski definition) is 2. The molecule has 118 valence electrons. The summed E-state index contributed by atoms with van der Waals surface area (Å²) in [4.78, 5) is 11.6. The summed E-state index contributed by atoms with van der Waals surface area (Å²) in [6, 6.07) is 20.8. The van der Waals surface area contributed by atoms with Crippen LogP contribution in [0.1, 0.15) is 13.3 Å². The van der Waals surface area contributed by atoms with Crippen LogP contribution in [0.5, 0.6) is 0 Å². The fraction of sp³-hybridized carbons (Fsp3) is 0.278. The van der Waals surface area contributed by atoms with Crippen molar-refractivity contribution in [1.82, 2.24) is 0 Å². The standard InChI is InChI=1S/C17H19O2P.CH3Br/c1-2-19-17(18)13-14-20(15-9-5-3-6-10-15)16-11-7-4-8-12-16;1-2/h3-12H,2,13-14H2,1H3;1H3. The van der Waals surface area contributed by atoms with Crippen molar-refractivity contribution in [3.8, 4) is 0 Å². The van der Waals surface area contributed by atoms with Gasteiger partial charge in [-0.1, -0.05) is 76.6 Å². The van der Waals surface area contributed by atoms with E-state index in [1.54, 1.807) is 0 Å². The molecule has 0 aliphatic rings. The molecule has 0 atom stereocenters. The Balaban J connectivity index is 0.00000116. The molecule has 2 aromatic carbocycles. The maximum absolute atomic E-state index is 11.6. The maximum atomic E-state index is 11.6. The number of carbonyl (C=O) groups is 1. The highest BCUT2D eigenvalue weighted by molar-refractivity contribution is 9.08. The molecule has 2 rings (SSSR count). The fourth-order valence-electron chi connectivity index (χ4n) is 2.06. The van der Waals surface area contributed by atoms with Gasteiger partial charge in [-0.3, -0.25) is 4.79 Å². The second-order valence-corrected chi connectivity index (χ2v) is 6.71. The number of ether oxygens (including phenoxy) is 1. The van der Waals surface area contributed by atoms with Gasteiger partial charge >= 0.3 is 5.97 Å². The molecule has 0 radical (unpaired) electrons. The van der Waals surface area contributed by atoms with Crippen LogP contribution in [0, 0.1) is 0 Å². The van der Waals surface area contributed by atoms with Crippen molar-refractivity contribution in [1.29, 1.82) is 0 Å². The van der Waals surface area contributed by atoms with Crippen LogP contribution < -0.4 is 10.6 Å². The summed E-state index contributed by atoms with van der Waals surface area (Å²) in [5.74, 6) is 1.71. The quantitative estimate of drug-likeness (QED) is 0.428. The van der Waals surface area contributed by atoms with Crippen molar-refractivity contribution in [2.45, 2.75) is 13.3 Å². The normalized spacial score (nSPS) is 9.82. The van der Waals surface area contributed by atoms with E-state index in [2.05, 4.69) is 64.5 Å². The summed E-state index contributed by atoms with van der Waals surface area (Å²) in [5.41, 5.74) is 0. The van der Waals surface area contributed by atoms with Crippen molar-refractivity contribution in [3.05, 3.63) is 60.7 Å². The van der Waals surface area contributed by atoms with Crippen LogP contribution in [0.4, 0.5) is 0 Å². The van der Waals surface area contributed by atoms with Gasteiger partial charge in [-0.15, -0.1) is 0 Å². The van der Waals surface area contributed by atoms with Crippen LogP contribution in [-0.4, -0.2) is 24.6 Å². The van der Waals surface area contributed by atoms with Gasteiger partial charge in [0.05, 0.1) is 13.0 Å². The minimum Gasteiger partial charge on any atom is -0.466 e. The Labute approximate surface area is 142 Å². The molecule has 2 nitrogen and oxygen atoms in total. The minimum absolute atomic E-state index is 0.105. The first-order valence-electron chi connectivity index (χ1n) is 7.22. The third-order valence-corrected chi connectivity index (χ3v) is 5.49. The lowest BCUT2D eigenvalue weighted by atomic mass is 10.4. The maximum Gasteiger partial charge on any atom is 0.306 e. The fourth-order valence-corrected chi connectivity index (χ4v) is 4.34. The molecule has 0 heterocycles. The first-order chi connectivity index (χ1) is 10.8. The zero-order chi connectivity index (χ0) is 16.2. The highest BCUT2D eigenvalue weighted by atomic mass is 79.9. The SMILES string of the molecule is CBr.CCOC(=O)CCP(c1ccccc1)c1ccccc1. The Morgan fingerprint density at radius 3 is 1.82 bits per heavy atom. The molecular weight excluding hydrogens is 359 g/mol. The summed E-state index contributed by atoms with van der Waals surface area (Å²) >= 11 is 2.94. The molecule has 0 unspecified atom stereocenters. The van der Waals surface area contributed by atoms with E-state index in [1.807, 2.05) is 24.9 Å². The predicted molar refractivity (Wildman–Crippen MR) is 100 cm³/mol. The van der Waals surface area contributed by atoms with E-state index in [0.717, 1.165) is 6.16 Å². The zero-order valence-corrected chi connectivity index (χ0v) is 15.5. The van der Waals surface area contributed by atoms with Crippen molar-refractivity contribution in [2.24, 2.45) is 0 Å². The summed E-state index contributed by atoms with van der Waals surface area (Å²) in [7, 11) is -0.495. The van der Waals surface area contributed by atoms with Crippen LogP contribution in [0.3, 0.4) is 0 Å². The van der Waals surface area contributed by atoms with Crippen LogP contribution in [-0.2, 0) is 9.53 Å². The van der Waals surface area contributed by atoms with Gasteiger partial charge in [-0.2, -0.15) is 0 Å². The monoisotopic (exact) mass is 380 g/mol. The van der Waals surface area contributed by atoms with Crippen LogP contribution in [0.15, 0.2) is 60.7 Å². The predicted octanol–water partition coefficient (Wildman–Crippen LogP) is 4.08. The molecule has 0 amide bonds. The van der Waals surface area contributed by atoms with Gasteiger partial charge in [0.15, 0.2) is 0 Å². The van der Waals surface area contributed by atoms with Crippen molar-refractivity contribution < 1.29 is 9.53 Å². The van der Waals surface area contributed by atoms with Gasteiger partial charge in [0, 0.05) is 0 Å². The average Bonchev–Trinajstić information content (AvgIpc) is 2.59. The molecule has 4 heteroatoms. The Bertz CT molecular complexity index is 492. The number of alkyl halides is 1. The largest absolute Gasteiger partial charge is 0.466 e. The molecule has 0 aromatic heterocycles. The zero-order valence-electron chi connectivity index (χ0n) is 13.0. The van der Waals surface area contributed by atoms with E-state index >= 15 is 0 Å². The Morgan fingerprint density at radius 1 is 0.955 bits per heavy atom. The number of carbonyl (C=O) groups excluding carboxylic acids is 1. The number of benzene rings is 2. The Hall–Kier alpha value is -1.18. The van der Waals surface area contributed by atoms with Crippen LogP contribution >= 0.6 is 23.9 Å². The van der Waals surface area contributed by atoms with Gasteiger partial charge in [0.1, 0.15) is 0 Å². The third-order valence-electron chi connectivity index (χ3n) is 2.98. The smallest absolute Gasteiger partial charge is 0.306 e. The first kappa shape index (κ1) is 18.9. The number of esters is 1. The number of hydrogen-bond donors (Lipinski definition) is 0. The molecule has 0 aliphatic carbocycles. The van der Waals surface area contributed by atoms with Gasteiger partial charge in [0.25, 0.3) is 0 Å². The summed E-state index contributed by atoms with van der Waals surface area (Å²) < 4.78 is 5.04. The molecule has 0 saturated carbocycles. The van der Waals surface area contributed by atoms with Crippen LogP contribution in [0.25, 0.3) is 0 Å². The van der Waals surface area contributed by atoms with Crippen molar-refractivity contribution >= 4 is 40.4 Å². The highest BCUT2D eigenvalue weighted by Gasteiger charge is 2.15. The van der Waals surface area contributed by atoms with E-state index in [4.69, 9.17) is 4.74 Å². The third kappa shape index (κ3) is 6.29. The molecule has 2 aromatic rings. The Kier molecular flexibility index (Phi) is 9.77. The molecule has 0 saturated heterocycles. The second-order valence-electron chi connectivity index (χ2n) is 4.38. The lowest BCUT2D eigenvalue weighted by Crippen LogP contribution is -2.16. The molecule has 0 fully saturated rings. The lowest BCUT2D eigenvalue weighted by Gasteiger charge is -2.18. The van der Waals surface area contributed by atoms with E-state index < -0.39 is 7.92 Å². The van der Waals surface area contributed by atoms with Gasteiger partial charge in [-0.05, 0) is 37.4 Å². The molecule has 0 bridgehead atoms. The van der Waals surface area contributed by atoms with Crippen LogP contribution in [0.2, 0.25) is 0 Å². The topological polar surface area (TPSA) is 26.3 Å². The number of rotatable bonds is 6. The molecular formula is C18H22BrO2P. The summed E-state index contributed by atoms with van der Waals surface area (Å²) in [6.07, 6.45) is 1.31. The van der Waals surface area contributed by atoms with Crippen molar-refractivity contribution in [3.63, 3.8) is 0 Å². The average molecular weight is 381 g/mol. The number of halogens is 1. The molecule has 0 spiro atoms. The first-order valence-corrected chi connectivity index (χ1v) is 10.3.